The van der Waals surface area contributed by atoms with Crippen LogP contribution in [0.3, 0.4) is 0 Å². The Morgan fingerprint density at radius 2 is 2.08 bits per heavy atom. The molecule has 0 saturated heterocycles. The van der Waals surface area contributed by atoms with Crippen LogP contribution < -0.4 is 5.32 Å². The van der Waals surface area contributed by atoms with Gasteiger partial charge < -0.3 is 14.9 Å². The fourth-order valence-electron chi connectivity index (χ4n) is 3.59. The van der Waals surface area contributed by atoms with Crippen molar-refractivity contribution in [3.63, 3.8) is 0 Å². The molecule has 3 rings (SSSR count). The monoisotopic (exact) mass is 353 g/mol. The zero-order chi connectivity index (χ0) is 18.8. The summed E-state index contributed by atoms with van der Waals surface area (Å²) in [6.07, 6.45) is 3.07. The van der Waals surface area contributed by atoms with Crippen LogP contribution in [0, 0.1) is 20.8 Å². The van der Waals surface area contributed by atoms with E-state index >= 15 is 0 Å². The number of aromatic nitrogens is 4. The standard InChI is InChI=1S/C20H27N5O/c1-6-7-25-11-21-24-20(25)15(5)22-18(26)10-16-14(4)23-19-13(3)8-12(2)9-17(16)19/h8-9,11,15,23H,6-7,10H2,1-5H3,(H,22,26). The topological polar surface area (TPSA) is 75.6 Å². The summed E-state index contributed by atoms with van der Waals surface area (Å²) in [4.78, 5) is 16.1. The highest BCUT2D eigenvalue weighted by Gasteiger charge is 2.18. The fraction of sp³-hybridized carbons (Fsp3) is 0.450. The lowest BCUT2D eigenvalue weighted by molar-refractivity contribution is -0.121. The number of aryl methyl sites for hydroxylation is 4. The molecule has 0 aliphatic carbocycles. The van der Waals surface area contributed by atoms with E-state index in [0.717, 1.165) is 41.0 Å². The second-order valence-corrected chi connectivity index (χ2v) is 7.08. The Labute approximate surface area is 154 Å². The number of rotatable bonds is 6. The maximum absolute atomic E-state index is 12.7. The first kappa shape index (κ1) is 18.2. The number of H-pyrrole nitrogens is 1. The van der Waals surface area contributed by atoms with Gasteiger partial charge in [0.2, 0.25) is 5.91 Å². The summed E-state index contributed by atoms with van der Waals surface area (Å²) in [7, 11) is 0. The average Bonchev–Trinajstić information content (AvgIpc) is 3.14. The van der Waals surface area contributed by atoms with E-state index in [1.807, 2.05) is 18.4 Å². The molecule has 0 spiro atoms. The minimum absolute atomic E-state index is 0.00768. The van der Waals surface area contributed by atoms with Gasteiger partial charge in [0.1, 0.15) is 6.33 Å². The minimum atomic E-state index is -0.175. The molecular weight excluding hydrogens is 326 g/mol. The Hall–Kier alpha value is -2.63. The second-order valence-electron chi connectivity index (χ2n) is 7.08. The van der Waals surface area contributed by atoms with Crippen LogP contribution in [-0.2, 0) is 17.8 Å². The van der Waals surface area contributed by atoms with Gasteiger partial charge >= 0.3 is 0 Å². The Kier molecular flexibility index (Phi) is 5.11. The van der Waals surface area contributed by atoms with Gasteiger partial charge in [-0.05, 0) is 51.3 Å². The van der Waals surface area contributed by atoms with Crippen LogP contribution in [0.1, 0.15) is 54.5 Å². The van der Waals surface area contributed by atoms with E-state index in [2.05, 4.69) is 53.4 Å². The third kappa shape index (κ3) is 3.49. The summed E-state index contributed by atoms with van der Waals surface area (Å²) in [5.74, 6) is 0.786. The smallest absolute Gasteiger partial charge is 0.225 e. The Bertz CT molecular complexity index is 937. The van der Waals surface area contributed by atoms with Crippen LogP contribution in [0.2, 0.25) is 0 Å². The average molecular weight is 353 g/mol. The van der Waals surface area contributed by atoms with Crippen LogP contribution in [0.5, 0.6) is 0 Å². The van der Waals surface area contributed by atoms with Crippen molar-refractivity contribution < 1.29 is 4.79 Å². The largest absolute Gasteiger partial charge is 0.358 e. The molecule has 0 radical (unpaired) electrons. The molecule has 1 atom stereocenters. The van der Waals surface area contributed by atoms with Gasteiger partial charge in [0.25, 0.3) is 0 Å². The molecule has 1 unspecified atom stereocenters. The number of fused-ring (bicyclic) bond motifs is 1. The van der Waals surface area contributed by atoms with Crippen LogP contribution in [0.4, 0.5) is 0 Å². The Morgan fingerprint density at radius 1 is 1.31 bits per heavy atom. The summed E-state index contributed by atoms with van der Waals surface area (Å²) in [5.41, 5.74) is 5.64. The van der Waals surface area contributed by atoms with E-state index in [1.165, 1.54) is 11.1 Å². The quantitative estimate of drug-likeness (QED) is 0.712. The summed E-state index contributed by atoms with van der Waals surface area (Å²) >= 11 is 0. The van der Waals surface area contributed by atoms with Crippen LogP contribution in [0.15, 0.2) is 18.5 Å². The summed E-state index contributed by atoms with van der Waals surface area (Å²) in [6.45, 7) is 11.1. The van der Waals surface area contributed by atoms with Crippen molar-refractivity contribution in [3.8, 4) is 0 Å². The number of nitrogens with zero attached hydrogens (tertiary/aromatic N) is 3. The van der Waals surface area contributed by atoms with E-state index in [1.54, 1.807) is 6.33 Å². The molecule has 2 heterocycles. The molecule has 1 aromatic carbocycles. The van der Waals surface area contributed by atoms with Crippen LogP contribution >= 0.6 is 0 Å². The van der Waals surface area contributed by atoms with Gasteiger partial charge in [0.05, 0.1) is 12.5 Å². The van der Waals surface area contributed by atoms with Gasteiger partial charge in [-0.25, -0.2) is 0 Å². The van der Waals surface area contributed by atoms with Crippen molar-refractivity contribution in [3.05, 3.63) is 46.7 Å². The zero-order valence-electron chi connectivity index (χ0n) is 16.2. The summed E-state index contributed by atoms with van der Waals surface area (Å²) in [6, 6.07) is 4.13. The number of benzene rings is 1. The van der Waals surface area contributed by atoms with Crippen molar-refractivity contribution in [2.24, 2.45) is 0 Å². The number of hydrogen-bond donors (Lipinski definition) is 2. The first-order chi connectivity index (χ1) is 12.4. The third-order valence-corrected chi connectivity index (χ3v) is 4.78. The minimum Gasteiger partial charge on any atom is -0.358 e. The third-order valence-electron chi connectivity index (χ3n) is 4.78. The Balaban J connectivity index is 1.79. The van der Waals surface area contributed by atoms with Crippen LogP contribution in [0.25, 0.3) is 10.9 Å². The molecule has 2 N–H and O–H groups in total. The van der Waals surface area contributed by atoms with Crippen molar-refractivity contribution in [1.29, 1.82) is 0 Å². The molecule has 0 fully saturated rings. The van der Waals surface area contributed by atoms with Crippen molar-refractivity contribution in [2.45, 2.75) is 60.0 Å². The number of hydrogen-bond acceptors (Lipinski definition) is 3. The van der Waals surface area contributed by atoms with Crippen molar-refractivity contribution >= 4 is 16.8 Å². The highest BCUT2D eigenvalue weighted by Crippen LogP contribution is 2.27. The molecule has 2 aromatic heterocycles. The van der Waals surface area contributed by atoms with E-state index in [-0.39, 0.29) is 11.9 Å². The van der Waals surface area contributed by atoms with E-state index in [9.17, 15) is 4.79 Å². The van der Waals surface area contributed by atoms with Crippen molar-refractivity contribution in [1.82, 2.24) is 25.1 Å². The molecule has 0 saturated carbocycles. The number of carbonyl (C=O) groups excluding carboxylic acids is 1. The number of amides is 1. The Morgan fingerprint density at radius 3 is 2.81 bits per heavy atom. The molecule has 6 nitrogen and oxygen atoms in total. The molecule has 138 valence electrons. The summed E-state index contributed by atoms with van der Waals surface area (Å²) < 4.78 is 1.99. The number of nitrogens with one attached hydrogen (secondary N) is 2. The maximum Gasteiger partial charge on any atom is 0.225 e. The normalized spacial score (nSPS) is 12.5. The van der Waals surface area contributed by atoms with Gasteiger partial charge in [-0.2, -0.15) is 0 Å². The van der Waals surface area contributed by atoms with Gasteiger partial charge in [0.15, 0.2) is 5.82 Å². The number of carbonyl (C=O) groups is 1. The lowest BCUT2D eigenvalue weighted by atomic mass is 10.0. The van der Waals surface area contributed by atoms with Gasteiger partial charge in [0, 0.05) is 23.1 Å². The highest BCUT2D eigenvalue weighted by molar-refractivity contribution is 5.92. The van der Waals surface area contributed by atoms with E-state index in [4.69, 9.17) is 0 Å². The second kappa shape index (κ2) is 7.32. The van der Waals surface area contributed by atoms with Crippen molar-refractivity contribution in [2.75, 3.05) is 0 Å². The predicted molar refractivity (Wildman–Crippen MR) is 103 cm³/mol. The van der Waals surface area contributed by atoms with Gasteiger partial charge in [-0.3, -0.25) is 4.79 Å². The molecule has 1 amide bonds. The van der Waals surface area contributed by atoms with E-state index < -0.39 is 0 Å². The highest BCUT2D eigenvalue weighted by atomic mass is 16.1. The molecular formula is C20H27N5O. The fourth-order valence-corrected chi connectivity index (χ4v) is 3.59. The van der Waals surface area contributed by atoms with Gasteiger partial charge in [-0.1, -0.05) is 18.6 Å². The van der Waals surface area contributed by atoms with E-state index in [0.29, 0.717) is 6.42 Å². The number of aromatic amines is 1. The molecule has 0 aliphatic heterocycles. The zero-order valence-corrected chi connectivity index (χ0v) is 16.2. The molecule has 6 heteroatoms. The molecule has 3 aromatic rings. The van der Waals surface area contributed by atoms with Gasteiger partial charge in [-0.15, -0.1) is 10.2 Å². The summed E-state index contributed by atoms with van der Waals surface area (Å²) in [5, 5.41) is 12.3. The molecule has 0 bridgehead atoms. The first-order valence-electron chi connectivity index (χ1n) is 9.16. The van der Waals surface area contributed by atoms with Crippen LogP contribution in [-0.4, -0.2) is 25.7 Å². The molecule has 26 heavy (non-hydrogen) atoms. The predicted octanol–water partition coefficient (Wildman–Crippen LogP) is 3.51. The lowest BCUT2D eigenvalue weighted by Gasteiger charge is -2.14. The lowest BCUT2D eigenvalue weighted by Crippen LogP contribution is -2.30. The SMILES string of the molecule is CCCn1cnnc1C(C)NC(=O)Cc1c(C)[nH]c2c(C)cc(C)cc12. The molecule has 0 aliphatic rings. The first-order valence-corrected chi connectivity index (χ1v) is 9.16. The maximum atomic E-state index is 12.7.